The van der Waals surface area contributed by atoms with Gasteiger partial charge in [0, 0.05) is 29.5 Å². The average molecular weight is 402 g/mol. The number of carboxylic acids is 1. The van der Waals surface area contributed by atoms with E-state index in [1.54, 1.807) is 30.3 Å². The van der Waals surface area contributed by atoms with Crippen molar-refractivity contribution in [1.29, 1.82) is 0 Å². The molecule has 11 heteroatoms. The van der Waals surface area contributed by atoms with Crippen LogP contribution in [0.25, 0.3) is 0 Å². The number of benzene rings is 2. The van der Waals surface area contributed by atoms with Crippen LogP contribution >= 0.6 is 0 Å². The van der Waals surface area contributed by atoms with E-state index in [1.807, 2.05) is 0 Å². The van der Waals surface area contributed by atoms with Crippen LogP contribution in [0, 0.1) is 0 Å². The number of carbonyl (C=O) groups is 2. The number of nitrogen functional groups attached to an aromatic ring is 1. The molecule has 0 atom stereocenters. The molecule has 0 saturated heterocycles. The van der Waals surface area contributed by atoms with Crippen molar-refractivity contribution in [2.45, 2.75) is 6.92 Å². The van der Waals surface area contributed by atoms with Gasteiger partial charge in [-0.25, -0.2) is 4.79 Å². The topological polar surface area (TPSA) is 170 Å². The molecule has 0 bridgehead atoms. The van der Waals surface area contributed by atoms with Crippen LogP contribution in [0.4, 0.5) is 11.4 Å². The lowest BCUT2D eigenvalue weighted by molar-refractivity contribution is -0.114. The Bertz CT molecular complexity index is 829. The van der Waals surface area contributed by atoms with Gasteiger partial charge in [-0.1, -0.05) is 12.1 Å². The number of nitrogens with two attached hydrogens (primary N) is 1. The standard InChI is InChI=1S/C8H9NO2.C7H7NO2.H2O3S2/c1-6(10)9-7-2-4-8(11)5-3-7;8-6-4-2-1-3-5(6)7(9)10;1-5(2,3)4/h2-5,11H,1H3,(H,9,10);1-4H,8H2,(H,9,10);(H2,1,2,3,4). The van der Waals surface area contributed by atoms with E-state index in [1.165, 1.54) is 25.1 Å². The highest BCUT2D eigenvalue weighted by Crippen LogP contribution is 2.13. The first-order valence-corrected chi connectivity index (χ1v) is 9.14. The van der Waals surface area contributed by atoms with Gasteiger partial charge < -0.3 is 21.3 Å². The van der Waals surface area contributed by atoms with Crippen molar-refractivity contribution in [1.82, 2.24) is 0 Å². The van der Waals surface area contributed by atoms with Gasteiger partial charge >= 0.3 is 5.97 Å². The monoisotopic (exact) mass is 402 g/mol. The number of aromatic carboxylic acids is 1. The lowest BCUT2D eigenvalue weighted by atomic mass is 10.2. The summed E-state index contributed by atoms with van der Waals surface area (Å²) in [6, 6.07) is 12.7. The molecule has 0 spiro atoms. The Morgan fingerprint density at radius 2 is 1.54 bits per heavy atom. The third-order valence-corrected chi connectivity index (χ3v) is 2.38. The fourth-order valence-corrected chi connectivity index (χ4v) is 1.44. The Morgan fingerprint density at radius 3 is 1.88 bits per heavy atom. The minimum Gasteiger partial charge on any atom is -0.508 e. The SMILES string of the molecule is CC(=O)Nc1ccc(O)cc1.Nc1ccccc1C(=O)O.O=S(O)(O)=S. The smallest absolute Gasteiger partial charge is 0.337 e. The maximum Gasteiger partial charge on any atom is 0.337 e. The van der Waals surface area contributed by atoms with Crippen LogP contribution in [0.1, 0.15) is 17.3 Å². The molecule has 26 heavy (non-hydrogen) atoms. The van der Waals surface area contributed by atoms with Gasteiger partial charge in [-0.15, -0.1) is 0 Å². The highest BCUT2D eigenvalue weighted by atomic mass is 32.9. The zero-order valence-corrected chi connectivity index (χ0v) is 15.2. The van der Waals surface area contributed by atoms with Gasteiger partial charge in [-0.2, -0.15) is 4.21 Å². The first kappa shape index (κ1) is 23.3. The minimum atomic E-state index is -3.83. The minimum absolute atomic E-state index is 0.115. The molecular weight excluding hydrogens is 384 g/mol. The predicted octanol–water partition coefficient (Wildman–Crippen LogP) is 2.00. The Kier molecular flexibility index (Phi) is 9.84. The summed E-state index contributed by atoms with van der Waals surface area (Å²) in [6.07, 6.45) is 0. The number of nitrogens with one attached hydrogen (secondary N) is 1. The van der Waals surface area contributed by atoms with Gasteiger partial charge in [0.1, 0.15) is 5.75 Å². The second kappa shape index (κ2) is 11.0. The predicted molar refractivity (Wildman–Crippen MR) is 101 cm³/mol. The third kappa shape index (κ3) is 12.7. The van der Waals surface area contributed by atoms with Gasteiger partial charge in [0.15, 0.2) is 0 Å². The molecule has 0 aliphatic heterocycles. The number of aromatic hydroxyl groups is 1. The van der Waals surface area contributed by atoms with Crippen molar-refractivity contribution >= 4 is 43.5 Å². The molecule has 2 rings (SSSR count). The van der Waals surface area contributed by atoms with E-state index in [4.69, 9.17) is 29.3 Å². The fraction of sp³-hybridized carbons (Fsp3) is 0.0667. The van der Waals surface area contributed by atoms with E-state index in [2.05, 4.69) is 16.5 Å². The summed E-state index contributed by atoms with van der Waals surface area (Å²) in [5, 5.41) is 19.9. The molecule has 0 aliphatic carbocycles. The van der Waals surface area contributed by atoms with E-state index in [9.17, 15) is 9.59 Å². The molecule has 2 aromatic rings. The van der Waals surface area contributed by atoms with Crippen molar-refractivity contribution in [2.75, 3.05) is 11.1 Å². The summed E-state index contributed by atoms with van der Waals surface area (Å²) in [7, 11) is -3.83. The molecule has 142 valence electrons. The molecule has 0 radical (unpaired) electrons. The van der Waals surface area contributed by atoms with Gasteiger partial charge in [0.2, 0.25) is 5.91 Å². The second-order valence-corrected chi connectivity index (χ2v) is 6.77. The molecule has 9 nitrogen and oxygen atoms in total. The quantitative estimate of drug-likeness (QED) is 0.325. The van der Waals surface area contributed by atoms with Crippen LogP contribution in [-0.4, -0.2) is 35.4 Å². The summed E-state index contributed by atoms with van der Waals surface area (Å²) in [4.78, 5) is 20.9. The molecule has 1 amide bonds. The lowest BCUT2D eigenvalue weighted by Gasteiger charge is -1.99. The number of carbonyl (C=O) groups excluding carboxylic acids is 1. The van der Waals surface area contributed by atoms with E-state index in [0.29, 0.717) is 11.4 Å². The number of rotatable bonds is 2. The molecule has 0 saturated carbocycles. The van der Waals surface area contributed by atoms with E-state index in [0.717, 1.165) is 0 Å². The number of anilines is 2. The number of phenolic OH excluding ortho intramolecular Hbond substituents is 1. The van der Waals surface area contributed by atoms with Gasteiger partial charge in [0.05, 0.1) is 5.56 Å². The van der Waals surface area contributed by atoms with Crippen LogP contribution in [0.3, 0.4) is 0 Å². The molecule has 7 N–H and O–H groups in total. The van der Waals surface area contributed by atoms with Crippen molar-refractivity contribution in [3.63, 3.8) is 0 Å². The molecule has 0 heterocycles. The molecule has 0 unspecified atom stereocenters. The molecule has 0 fully saturated rings. The normalized spacial score (nSPS) is 9.65. The number of para-hydroxylation sites is 1. The van der Waals surface area contributed by atoms with E-state index in [-0.39, 0.29) is 17.2 Å². The van der Waals surface area contributed by atoms with Gasteiger partial charge in [-0.3, -0.25) is 13.9 Å². The summed E-state index contributed by atoms with van der Waals surface area (Å²) in [5.41, 5.74) is 6.49. The molecule has 2 aromatic carbocycles. The van der Waals surface area contributed by atoms with Crippen LogP contribution in [0.5, 0.6) is 5.75 Å². The summed E-state index contributed by atoms with van der Waals surface area (Å²) in [5.74, 6) is -0.909. The second-order valence-electron chi connectivity index (χ2n) is 4.57. The van der Waals surface area contributed by atoms with E-state index < -0.39 is 15.0 Å². The van der Waals surface area contributed by atoms with Crippen LogP contribution in [-0.2, 0) is 25.0 Å². The van der Waals surface area contributed by atoms with Crippen molar-refractivity contribution in [2.24, 2.45) is 0 Å². The number of hydrogen-bond donors (Lipinski definition) is 6. The summed E-state index contributed by atoms with van der Waals surface area (Å²) < 4.78 is 24.0. The first-order chi connectivity index (χ1) is 11.9. The Morgan fingerprint density at radius 1 is 1.08 bits per heavy atom. The number of phenols is 1. The summed E-state index contributed by atoms with van der Waals surface area (Å²) >= 11 is 3.47. The maximum atomic E-state index is 10.5. The Labute approximate surface area is 154 Å². The number of amides is 1. The highest BCUT2D eigenvalue weighted by Gasteiger charge is 2.03. The van der Waals surface area contributed by atoms with Crippen LogP contribution in [0.15, 0.2) is 48.5 Å². The number of hydrogen-bond acceptors (Lipinski definition) is 6. The highest BCUT2D eigenvalue weighted by molar-refractivity contribution is 8.26. The zero-order valence-electron chi connectivity index (χ0n) is 13.5. The Hall–Kier alpha value is -2.73. The average Bonchev–Trinajstić information content (AvgIpc) is 2.48. The first-order valence-electron chi connectivity index (χ1n) is 6.74. The van der Waals surface area contributed by atoms with Crippen molar-refractivity contribution in [3.8, 4) is 5.75 Å². The van der Waals surface area contributed by atoms with Crippen LogP contribution < -0.4 is 11.1 Å². The molecule has 0 aliphatic rings. The van der Waals surface area contributed by atoms with Crippen molar-refractivity contribution in [3.05, 3.63) is 54.1 Å². The third-order valence-electron chi connectivity index (χ3n) is 2.38. The largest absolute Gasteiger partial charge is 0.508 e. The number of carboxylic acid groups (broad SMARTS) is 1. The molecular formula is C15H18N2O7S2. The fourth-order valence-electron chi connectivity index (χ4n) is 1.44. The van der Waals surface area contributed by atoms with Crippen LogP contribution in [0.2, 0.25) is 0 Å². The van der Waals surface area contributed by atoms with Crippen molar-refractivity contribution < 1.29 is 33.1 Å². The molecule has 0 aromatic heterocycles. The zero-order chi connectivity index (χ0) is 20.3. The summed E-state index contributed by atoms with van der Waals surface area (Å²) in [6.45, 7) is 1.44. The van der Waals surface area contributed by atoms with Gasteiger partial charge in [0.25, 0.3) is 9.05 Å². The maximum absolute atomic E-state index is 10.5. The Balaban J connectivity index is 0.000000387. The van der Waals surface area contributed by atoms with Gasteiger partial charge in [-0.05, 0) is 36.4 Å². The van der Waals surface area contributed by atoms with E-state index >= 15 is 0 Å². The lowest BCUT2D eigenvalue weighted by Crippen LogP contribution is -2.04.